The highest BCUT2D eigenvalue weighted by molar-refractivity contribution is 9.10. The molecule has 2 N–H and O–H groups in total. The molecule has 0 atom stereocenters. The van der Waals surface area contributed by atoms with Gasteiger partial charge >= 0.3 is 5.69 Å². The molecule has 10 heteroatoms. The van der Waals surface area contributed by atoms with Gasteiger partial charge < -0.3 is 5.11 Å². The number of nitro groups is 1. The number of nitrogens with one attached hydrogen (secondary N) is 1. The van der Waals surface area contributed by atoms with Gasteiger partial charge in [-0.05, 0) is 50.5 Å². The van der Waals surface area contributed by atoms with E-state index in [1.807, 2.05) is 13.0 Å². The van der Waals surface area contributed by atoms with E-state index < -0.39 is 22.1 Å². The number of aliphatic imine (C=N–C) groups is 1. The molecule has 3 aromatic rings. The van der Waals surface area contributed by atoms with Gasteiger partial charge in [-0.3, -0.25) is 19.9 Å². The Morgan fingerprint density at radius 2 is 1.84 bits per heavy atom. The summed E-state index contributed by atoms with van der Waals surface area (Å²) in [7, 11) is 0. The summed E-state index contributed by atoms with van der Waals surface area (Å²) in [5, 5.41) is 22.2. The fraction of sp³-hybridized carbons (Fsp3) is 0.190. The second-order valence-electron chi connectivity index (χ2n) is 7.11. The van der Waals surface area contributed by atoms with E-state index in [1.54, 1.807) is 32.9 Å². The van der Waals surface area contributed by atoms with Gasteiger partial charge in [-0.25, -0.2) is 14.4 Å². The van der Waals surface area contributed by atoms with Gasteiger partial charge in [-0.15, -0.1) is 0 Å². The second-order valence-corrected chi connectivity index (χ2v) is 7.97. The van der Waals surface area contributed by atoms with Crippen LogP contribution in [-0.4, -0.2) is 25.8 Å². The number of aromatic amines is 1. The van der Waals surface area contributed by atoms with E-state index in [1.165, 1.54) is 6.07 Å². The Bertz CT molecular complexity index is 1370. The van der Waals surface area contributed by atoms with Crippen molar-refractivity contribution >= 4 is 33.5 Å². The minimum atomic E-state index is -0.860. The Hall–Kier alpha value is -3.53. The first-order chi connectivity index (χ1) is 14.5. The summed E-state index contributed by atoms with van der Waals surface area (Å²) in [6.45, 7) is 7.09. The summed E-state index contributed by atoms with van der Waals surface area (Å²) in [5.74, 6) is -0.612. The average Bonchev–Trinajstić information content (AvgIpc) is 2.68. The normalized spacial score (nSPS) is 11.3. The molecular weight excluding hydrogens is 468 g/mol. The number of aryl methyl sites for hydroxylation is 2. The van der Waals surface area contributed by atoms with Crippen molar-refractivity contribution in [2.24, 2.45) is 4.99 Å². The van der Waals surface area contributed by atoms with Crippen molar-refractivity contribution in [3.8, 4) is 11.6 Å². The zero-order valence-corrected chi connectivity index (χ0v) is 18.8. The number of hydrogen-bond acceptors (Lipinski definition) is 6. The predicted octanol–water partition coefficient (Wildman–Crippen LogP) is 3.89. The Kier molecular flexibility index (Phi) is 5.94. The molecule has 2 aromatic carbocycles. The molecular formula is C21H19BrN4O5. The smallest absolute Gasteiger partial charge is 0.335 e. The van der Waals surface area contributed by atoms with Crippen LogP contribution < -0.4 is 11.2 Å². The van der Waals surface area contributed by atoms with Crippen LogP contribution in [0.1, 0.15) is 27.8 Å². The van der Waals surface area contributed by atoms with Crippen molar-refractivity contribution in [3.63, 3.8) is 0 Å². The number of benzene rings is 2. The second kappa shape index (κ2) is 8.31. The molecule has 0 fully saturated rings. The van der Waals surface area contributed by atoms with Crippen molar-refractivity contribution < 1.29 is 10.0 Å². The van der Waals surface area contributed by atoms with Gasteiger partial charge in [-0.1, -0.05) is 33.6 Å². The van der Waals surface area contributed by atoms with E-state index in [0.29, 0.717) is 21.3 Å². The quantitative estimate of drug-likeness (QED) is 0.328. The fourth-order valence-electron chi connectivity index (χ4n) is 3.21. The first-order valence-electron chi connectivity index (χ1n) is 9.17. The van der Waals surface area contributed by atoms with Gasteiger partial charge in [0.05, 0.1) is 10.6 Å². The predicted molar refractivity (Wildman–Crippen MR) is 121 cm³/mol. The summed E-state index contributed by atoms with van der Waals surface area (Å²) in [5.41, 5.74) is 1.17. The molecule has 0 aliphatic carbocycles. The summed E-state index contributed by atoms with van der Waals surface area (Å²) in [6, 6.07) is 6.58. The topological polar surface area (TPSA) is 131 Å². The van der Waals surface area contributed by atoms with E-state index in [2.05, 4.69) is 25.9 Å². The van der Waals surface area contributed by atoms with Crippen molar-refractivity contribution in [2.45, 2.75) is 27.7 Å². The molecule has 1 heterocycles. The first kappa shape index (κ1) is 22.2. The first-order valence-corrected chi connectivity index (χ1v) is 9.96. The number of aromatic hydroxyl groups is 1. The standard InChI is InChI=1S/C21H19BrN4O5/c1-10-5-6-16(11(2)7-10)25-20(28)14(19(27)24-21(25)29)9-23-18-13(4)12(3)15(22)8-17(18)26(30)31/h5-9,28H,1-4H3,(H,24,27,29). The largest absolute Gasteiger partial charge is 0.493 e. The van der Waals surface area contributed by atoms with Crippen LogP contribution in [0.15, 0.2) is 43.3 Å². The third-order valence-electron chi connectivity index (χ3n) is 5.02. The minimum absolute atomic E-state index is 0.0498. The van der Waals surface area contributed by atoms with Crippen LogP contribution in [-0.2, 0) is 0 Å². The summed E-state index contributed by atoms with van der Waals surface area (Å²) >= 11 is 3.28. The molecule has 0 unspecified atom stereocenters. The van der Waals surface area contributed by atoms with Gasteiger partial charge in [0, 0.05) is 16.8 Å². The fourth-order valence-corrected chi connectivity index (χ4v) is 3.73. The highest BCUT2D eigenvalue weighted by Crippen LogP contribution is 2.37. The third-order valence-corrected chi connectivity index (χ3v) is 5.84. The number of aromatic nitrogens is 2. The van der Waals surface area contributed by atoms with Gasteiger partial charge in [0.25, 0.3) is 11.2 Å². The lowest BCUT2D eigenvalue weighted by Gasteiger charge is -2.13. The number of halogens is 1. The maximum absolute atomic E-state index is 12.4. The molecule has 1 aromatic heterocycles. The molecule has 0 saturated heterocycles. The lowest BCUT2D eigenvalue weighted by molar-refractivity contribution is -0.384. The summed E-state index contributed by atoms with van der Waals surface area (Å²) < 4.78 is 1.52. The zero-order chi connectivity index (χ0) is 23.0. The highest BCUT2D eigenvalue weighted by atomic mass is 79.9. The third kappa shape index (κ3) is 4.06. The van der Waals surface area contributed by atoms with Gasteiger partial charge in [0.2, 0.25) is 5.88 Å². The maximum atomic E-state index is 12.4. The Balaban J connectivity index is 2.24. The number of H-pyrrole nitrogens is 1. The Morgan fingerprint density at radius 1 is 1.16 bits per heavy atom. The van der Waals surface area contributed by atoms with Crippen LogP contribution >= 0.6 is 15.9 Å². The molecule has 0 bridgehead atoms. The molecule has 9 nitrogen and oxygen atoms in total. The van der Waals surface area contributed by atoms with E-state index in [9.17, 15) is 24.8 Å². The average molecular weight is 487 g/mol. The monoisotopic (exact) mass is 486 g/mol. The van der Waals surface area contributed by atoms with Gasteiger partial charge in [0.15, 0.2) is 0 Å². The molecule has 0 aliphatic heterocycles. The van der Waals surface area contributed by atoms with E-state index in [4.69, 9.17) is 0 Å². The van der Waals surface area contributed by atoms with E-state index in [0.717, 1.165) is 21.9 Å². The number of rotatable bonds is 4. The van der Waals surface area contributed by atoms with Gasteiger partial charge in [0.1, 0.15) is 11.3 Å². The van der Waals surface area contributed by atoms with Crippen LogP contribution in [0.3, 0.4) is 0 Å². The molecule has 160 valence electrons. The van der Waals surface area contributed by atoms with Crippen LogP contribution in [0.25, 0.3) is 5.69 Å². The summed E-state index contributed by atoms with van der Waals surface area (Å²) in [4.78, 5) is 42.0. The van der Waals surface area contributed by atoms with Crippen LogP contribution in [0, 0.1) is 37.8 Å². The zero-order valence-electron chi connectivity index (χ0n) is 17.2. The van der Waals surface area contributed by atoms with Crippen LogP contribution in [0.2, 0.25) is 0 Å². The number of nitro benzene ring substituents is 1. The Labute approximate surface area is 185 Å². The number of hydrogen-bond donors (Lipinski definition) is 2. The molecule has 0 amide bonds. The minimum Gasteiger partial charge on any atom is -0.493 e. The van der Waals surface area contributed by atoms with Crippen molar-refractivity contribution in [2.75, 3.05) is 0 Å². The maximum Gasteiger partial charge on any atom is 0.335 e. The molecule has 0 aliphatic rings. The van der Waals surface area contributed by atoms with Crippen molar-refractivity contribution in [3.05, 3.63) is 87.5 Å². The number of nitrogens with zero attached hydrogens (tertiary/aromatic N) is 3. The Morgan fingerprint density at radius 3 is 2.45 bits per heavy atom. The van der Waals surface area contributed by atoms with Crippen LogP contribution in [0.5, 0.6) is 5.88 Å². The molecule has 0 radical (unpaired) electrons. The molecule has 0 saturated carbocycles. The van der Waals surface area contributed by atoms with Crippen LogP contribution in [0.4, 0.5) is 11.4 Å². The van der Waals surface area contributed by atoms with E-state index in [-0.39, 0.29) is 16.9 Å². The van der Waals surface area contributed by atoms with E-state index >= 15 is 0 Å². The van der Waals surface area contributed by atoms with Crippen molar-refractivity contribution in [1.82, 2.24) is 9.55 Å². The summed E-state index contributed by atoms with van der Waals surface area (Å²) in [6.07, 6.45) is 1.02. The molecule has 0 spiro atoms. The lowest BCUT2D eigenvalue weighted by atomic mass is 10.1. The SMILES string of the molecule is Cc1ccc(-n2c(O)c(C=Nc3c([N+](=O)[O-])cc(Br)c(C)c3C)c(=O)[nH]c2=O)c(C)c1. The van der Waals surface area contributed by atoms with Gasteiger partial charge in [-0.2, -0.15) is 0 Å². The molecule has 31 heavy (non-hydrogen) atoms. The van der Waals surface area contributed by atoms with Crippen molar-refractivity contribution in [1.29, 1.82) is 0 Å². The highest BCUT2D eigenvalue weighted by Gasteiger charge is 2.21. The lowest BCUT2D eigenvalue weighted by Crippen LogP contribution is -2.31. The molecule has 3 rings (SSSR count).